The van der Waals surface area contributed by atoms with Crippen LogP contribution in [0.4, 0.5) is 5.69 Å². The van der Waals surface area contributed by atoms with E-state index >= 15 is 0 Å². The molecule has 0 radical (unpaired) electrons. The van der Waals surface area contributed by atoms with Crippen molar-refractivity contribution in [3.05, 3.63) is 82.4 Å². The SMILES string of the molecule is O=C(O)c1ccccc1-c1ccc(-c2ccc(O)c([N+](=O)[O-])c2)cc1. The monoisotopic (exact) mass is 335 g/mol. The number of carboxylic acid groups (broad SMARTS) is 1. The van der Waals surface area contributed by atoms with Crippen molar-refractivity contribution in [3.8, 4) is 28.0 Å². The minimum absolute atomic E-state index is 0.204. The topological polar surface area (TPSA) is 101 Å². The number of rotatable bonds is 4. The first kappa shape index (κ1) is 16.2. The Labute approximate surface area is 142 Å². The number of phenolic OH excluding ortho intramolecular Hbond substituents is 1. The van der Waals surface area contributed by atoms with Crippen molar-refractivity contribution in [3.63, 3.8) is 0 Å². The lowest BCUT2D eigenvalue weighted by Gasteiger charge is -2.08. The molecule has 124 valence electrons. The van der Waals surface area contributed by atoms with Gasteiger partial charge in [-0.2, -0.15) is 0 Å². The second-order valence-corrected chi connectivity index (χ2v) is 5.39. The summed E-state index contributed by atoms with van der Waals surface area (Å²) >= 11 is 0. The Kier molecular flexibility index (Phi) is 4.18. The molecule has 0 spiro atoms. The Morgan fingerprint density at radius 2 is 1.48 bits per heavy atom. The zero-order valence-electron chi connectivity index (χ0n) is 12.9. The van der Waals surface area contributed by atoms with Crippen LogP contribution < -0.4 is 0 Å². The lowest BCUT2D eigenvalue weighted by atomic mass is 9.97. The zero-order chi connectivity index (χ0) is 18.0. The van der Waals surface area contributed by atoms with E-state index in [1.54, 1.807) is 48.5 Å². The molecule has 3 rings (SSSR count). The highest BCUT2D eigenvalue weighted by Crippen LogP contribution is 2.32. The van der Waals surface area contributed by atoms with Crippen molar-refractivity contribution in [1.82, 2.24) is 0 Å². The van der Waals surface area contributed by atoms with E-state index in [1.807, 2.05) is 0 Å². The van der Waals surface area contributed by atoms with E-state index in [9.17, 15) is 25.1 Å². The number of aromatic carboxylic acids is 1. The summed E-state index contributed by atoms with van der Waals surface area (Å²) in [5, 5.41) is 29.7. The fourth-order valence-corrected chi connectivity index (χ4v) is 2.61. The first-order valence-electron chi connectivity index (χ1n) is 7.38. The molecule has 3 aromatic rings. The summed E-state index contributed by atoms with van der Waals surface area (Å²) in [6.07, 6.45) is 0. The van der Waals surface area contributed by atoms with Gasteiger partial charge in [0, 0.05) is 6.07 Å². The Morgan fingerprint density at radius 1 is 0.880 bits per heavy atom. The molecule has 0 aliphatic rings. The maximum atomic E-state index is 11.3. The fraction of sp³-hybridized carbons (Fsp3) is 0. The molecule has 0 aliphatic carbocycles. The average Bonchev–Trinajstić information content (AvgIpc) is 2.62. The molecule has 0 unspecified atom stereocenters. The Bertz CT molecular complexity index is 964. The van der Waals surface area contributed by atoms with E-state index in [0.717, 1.165) is 11.1 Å². The predicted octanol–water partition coefficient (Wildman–Crippen LogP) is 4.33. The van der Waals surface area contributed by atoms with Crippen molar-refractivity contribution in [2.24, 2.45) is 0 Å². The molecule has 6 nitrogen and oxygen atoms in total. The van der Waals surface area contributed by atoms with Gasteiger partial charge in [0.05, 0.1) is 10.5 Å². The normalized spacial score (nSPS) is 10.4. The molecule has 0 atom stereocenters. The Morgan fingerprint density at radius 3 is 2.12 bits per heavy atom. The number of nitrogens with zero attached hydrogens (tertiary/aromatic N) is 1. The highest BCUT2D eigenvalue weighted by Gasteiger charge is 2.15. The molecular formula is C19H13NO5. The molecule has 25 heavy (non-hydrogen) atoms. The summed E-state index contributed by atoms with van der Waals surface area (Å²) in [6.45, 7) is 0. The van der Waals surface area contributed by atoms with Gasteiger partial charge in [0.1, 0.15) is 0 Å². The van der Waals surface area contributed by atoms with E-state index < -0.39 is 10.9 Å². The van der Waals surface area contributed by atoms with E-state index in [4.69, 9.17) is 0 Å². The van der Waals surface area contributed by atoms with Gasteiger partial charge in [-0.25, -0.2) is 4.79 Å². The van der Waals surface area contributed by atoms with E-state index in [-0.39, 0.29) is 17.0 Å². The van der Waals surface area contributed by atoms with Crippen molar-refractivity contribution >= 4 is 11.7 Å². The molecule has 2 N–H and O–H groups in total. The van der Waals surface area contributed by atoms with Crippen LogP contribution in [-0.2, 0) is 0 Å². The van der Waals surface area contributed by atoms with Gasteiger partial charge in [-0.15, -0.1) is 0 Å². The van der Waals surface area contributed by atoms with Crippen LogP contribution in [0.25, 0.3) is 22.3 Å². The largest absolute Gasteiger partial charge is 0.502 e. The number of hydrogen-bond donors (Lipinski definition) is 2. The molecule has 3 aromatic carbocycles. The molecule has 0 saturated carbocycles. The van der Waals surface area contributed by atoms with Gasteiger partial charge < -0.3 is 10.2 Å². The van der Waals surface area contributed by atoms with Gasteiger partial charge in [-0.05, 0) is 34.4 Å². The van der Waals surface area contributed by atoms with Gasteiger partial charge in [0.2, 0.25) is 0 Å². The molecule has 0 saturated heterocycles. The highest BCUT2D eigenvalue weighted by molar-refractivity contribution is 5.96. The molecule has 0 aliphatic heterocycles. The number of benzene rings is 3. The number of aromatic hydroxyl groups is 1. The number of nitro benzene ring substituents is 1. The minimum atomic E-state index is -1.01. The number of carbonyl (C=O) groups is 1. The van der Waals surface area contributed by atoms with Gasteiger partial charge >= 0.3 is 11.7 Å². The predicted molar refractivity (Wildman–Crippen MR) is 92.6 cm³/mol. The molecule has 0 heterocycles. The summed E-state index contributed by atoms with van der Waals surface area (Å²) in [5.74, 6) is -1.39. The van der Waals surface area contributed by atoms with E-state index in [1.165, 1.54) is 18.2 Å². The third-order valence-electron chi connectivity index (χ3n) is 3.86. The number of phenols is 1. The number of hydrogen-bond acceptors (Lipinski definition) is 4. The second kappa shape index (κ2) is 6.45. The zero-order valence-corrected chi connectivity index (χ0v) is 12.9. The van der Waals surface area contributed by atoms with Crippen molar-refractivity contribution in [2.45, 2.75) is 0 Å². The third kappa shape index (κ3) is 3.18. The van der Waals surface area contributed by atoms with E-state index in [2.05, 4.69) is 0 Å². The lowest BCUT2D eigenvalue weighted by Crippen LogP contribution is -1.98. The standard InChI is InChI=1S/C19H13NO5/c21-18-10-9-14(11-17(18)20(24)25)12-5-7-13(8-6-12)15-3-1-2-4-16(15)19(22)23/h1-11,21H,(H,22,23). The Hall–Kier alpha value is -3.67. The van der Waals surface area contributed by atoms with Crippen LogP contribution in [0.15, 0.2) is 66.7 Å². The fourth-order valence-electron chi connectivity index (χ4n) is 2.61. The molecule has 0 aromatic heterocycles. The molecule has 0 amide bonds. The van der Waals surface area contributed by atoms with Crippen LogP contribution >= 0.6 is 0 Å². The first-order chi connectivity index (χ1) is 12.0. The Balaban J connectivity index is 2.00. The van der Waals surface area contributed by atoms with Gasteiger partial charge in [0.15, 0.2) is 5.75 Å². The summed E-state index contributed by atoms with van der Waals surface area (Å²) in [4.78, 5) is 21.6. The van der Waals surface area contributed by atoms with Crippen molar-refractivity contribution in [2.75, 3.05) is 0 Å². The van der Waals surface area contributed by atoms with E-state index in [0.29, 0.717) is 11.1 Å². The van der Waals surface area contributed by atoms with Crippen LogP contribution in [0.2, 0.25) is 0 Å². The van der Waals surface area contributed by atoms with Crippen LogP contribution in [0.3, 0.4) is 0 Å². The van der Waals surface area contributed by atoms with Crippen molar-refractivity contribution in [1.29, 1.82) is 0 Å². The molecule has 6 heteroatoms. The van der Waals surface area contributed by atoms with Gasteiger partial charge in [0.25, 0.3) is 0 Å². The van der Waals surface area contributed by atoms with Gasteiger partial charge in [-0.3, -0.25) is 10.1 Å². The maximum absolute atomic E-state index is 11.3. The molecular weight excluding hydrogens is 322 g/mol. The first-order valence-corrected chi connectivity index (χ1v) is 7.38. The van der Waals surface area contributed by atoms with Crippen LogP contribution in [0.1, 0.15) is 10.4 Å². The molecule has 0 fully saturated rings. The summed E-state index contributed by atoms with van der Waals surface area (Å²) in [7, 11) is 0. The summed E-state index contributed by atoms with van der Waals surface area (Å²) in [5.41, 5.74) is 2.48. The minimum Gasteiger partial charge on any atom is -0.502 e. The lowest BCUT2D eigenvalue weighted by molar-refractivity contribution is -0.385. The smallest absolute Gasteiger partial charge is 0.336 e. The van der Waals surface area contributed by atoms with Gasteiger partial charge in [-0.1, -0.05) is 48.5 Å². The quantitative estimate of drug-likeness (QED) is 0.546. The maximum Gasteiger partial charge on any atom is 0.336 e. The number of nitro groups is 1. The number of carboxylic acids is 1. The summed E-state index contributed by atoms with van der Waals surface area (Å²) in [6, 6.07) is 17.9. The van der Waals surface area contributed by atoms with Crippen LogP contribution in [0.5, 0.6) is 5.75 Å². The highest BCUT2D eigenvalue weighted by atomic mass is 16.6. The molecule has 0 bridgehead atoms. The third-order valence-corrected chi connectivity index (χ3v) is 3.86. The second-order valence-electron chi connectivity index (χ2n) is 5.39. The van der Waals surface area contributed by atoms with Crippen LogP contribution in [0, 0.1) is 10.1 Å². The average molecular weight is 335 g/mol. The van der Waals surface area contributed by atoms with Crippen molar-refractivity contribution < 1.29 is 19.9 Å². The van der Waals surface area contributed by atoms with Crippen LogP contribution in [-0.4, -0.2) is 21.1 Å². The summed E-state index contributed by atoms with van der Waals surface area (Å²) < 4.78 is 0.